The second-order valence-electron chi connectivity index (χ2n) is 3.32. The summed E-state index contributed by atoms with van der Waals surface area (Å²) in [4.78, 5) is 21.6. The highest BCUT2D eigenvalue weighted by Gasteiger charge is 2.11. The predicted molar refractivity (Wildman–Crippen MR) is 54.2 cm³/mol. The van der Waals surface area contributed by atoms with Crippen molar-refractivity contribution in [2.75, 3.05) is 0 Å². The lowest BCUT2D eigenvalue weighted by atomic mass is 10.1. The molecule has 80 valence electrons. The molecule has 0 aromatic heterocycles. The summed E-state index contributed by atoms with van der Waals surface area (Å²) in [5, 5.41) is 8.82. The molecule has 0 atom stereocenters. The largest absolute Gasteiger partial charge is 0.478 e. The number of aryl methyl sites for hydroxylation is 1. The number of carboxylic acid groups (broad SMARTS) is 1. The molecule has 15 heavy (non-hydrogen) atoms. The molecule has 1 aromatic rings. The zero-order valence-corrected chi connectivity index (χ0v) is 8.83. The van der Waals surface area contributed by atoms with E-state index >= 15 is 0 Å². The van der Waals surface area contributed by atoms with Gasteiger partial charge in [0.05, 0.1) is 5.56 Å². The van der Waals surface area contributed by atoms with E-state index in [2.05, 4.69) is 0 Å². The van der Waals surface area contributed by atoms with Crippen molar-refractivity contribution in [2.24, 2.45) is 0 Å². The number of benzene rings is 1. The van der Waals surface area contributed by atoms with Crippen LogP contribution in [0.15, 0.2) is 12.1 Å². The third-order valence-corrected chi connectivity index (χ3v) is 2.12. The van der Waals surface area contributed by atoms with Crippen molar-refractivity contribution < 1.29 is 19.4 Å². The Labute approximate surface area is 87.5 Å². The van der Waals surface area contributed by atoms with Crippen LogP contribution in [-0.4, -0.2) is 17.0 Å². The lowest BCUT2D eigenvalue weighted by Gasteiger charge is -2.09. The van der Waals surface area contributed by atoms with Crippen molar-refractivity contribution in [3.63, 3.8) is 0 Å². The van der Waals surface area contributed by atoms with Crippen LogP contribution in [0.2, 0.25) is 0 Å². The first-order chi connectivity index (χ1) is 6.91. The molecule has 0 radical (unpaired) electrons. The van der Waals surface area contributed by atoms with Gasteiger partial charge in [0.25, 0.3) is 0 Å². The van der Waals surface area contributed by atoms with E-state index in [0.717, 1.165) is 11.1 Å². The third-order valence-electron chi connectivity index (χ3n) is 2.12. The van der Waals surface area contributed by atoms with Crippen LogP contribution in [0.5, 0.6) is 5.75 Å². The Morgan fingerprint density at radius 2 is 1.87 bits per heavy atom. The first-order valence-corrected chi connectivity index (χ1v) is 4.44. The minimum absolute atomic E-state index is 0.120. The number of hydrogen-bond acceptors (Lipinski definition) is 3. The number of hydrogen-bond donors (Lipinski definition) is 1. The molecule has 0 heterocycles. The normalized spacial score (nSPS) is 9.80. The van der Waals surface area contributed by atoms with Crippen molar-refractivity contribution in [2.45, 2.75) is 20.8 Å². The summed E-state index contributed by atoms with van der Waals surface area (Å²) in [5.74, 6) is -1.19. The SMILES string of the molecule is CC(=O)Oc1cc(C(=O)O)cc(C)c1C. The molecule has 1 aromatic carbocycles. The van der Waals surface area contributed by atoms with Gasteiger partial charge >= 0.3 is 11.9 Å². The van der Waals surface area contributed by atoms with Crippen LogP contribution in [-0.2, 0) is 4.79 Å². The summed E-state index contributed by atoms with van der Waals surface area (Å²) in [6.45, 7) is 4.83. The Morgan fingerprint density at radius 3 is 2.33 bits per heavy atom. The number of rotatable bonds is 2. The fraction of sp³-hybridized carbons (Fsp3) is 0.273. The van der Waals surface area contributed by atoms with Gasteiger partial charge in [0.1, 0.15) is 5.75 Å². The Hall–Kier alpha value is -1.84. The lowest BCUT2D eigenvalue weighted by molar-refractivity contribution is -0.131. The van der Waals surface area contributed by atoms with Crippen LogP contribution >= 0.6 is 0 Å². The number of esters is 1. The molecule has 0 amide bonds. The summed E-state index contributed by atoms with van der Waals surface area (Å²) in [7, 11) is 0. The average molecular weight is 208 g/mol. The zero-order chi connectivity index (χ0) is 11.6. The molecule has 1 N–H and O–H groups in total. The maximum Gasteiger partial charge on any atom is 0.335 e. The molecule has 0 saturated heterocycles. The quantitative estimate of drug-likeness (QED) is 0.595. The number of carboxylic acids is 1. The molecule has 0 spiro atoms. The monoisotopic (exact) mass is 208 g/mol. The van der Waals surface area contributed by atoms with Gasteiger partial charge in [-0.3, -0.25) is 4.79 Å². The second kappa shape index (κ2) is 4.13. The molecule has 1 rings (SSSR count). The van der Waals surface area contributed by atoms with Crippen LogP contribution in [0, 0.1) is 13.8 Å². The maximum absolute atomic E-state index is 10.8. The second-order valence-corrected chi connectivity index (χ2v) is 3.32. The van der Waals surface area contributed by atoms with Gasteiger partial charge in [-0.1, -0.05) is 0 Å². The minimum atomic E-state index is -1.04. The number of carbonyl (C=O) groups excluding carboxylic acids is 1. The Balaban J connectivity index is 3.24. The van der Waals surface area contributed by atoms with Crippen molar-refractivity contribution in [3.05, 3.63) is 28.8 Å². The summed E-state index contributed by atoms with van der Waals surface area (Å²) in [6, 6.07) is 2.90. The van der Waals surface area contributed by atoms with E-state index in [1.165, 1.54) is 13.0 Å². The van der Waals surface area contributed by atoms with E-state index in [-0.39, 0.29) is 5.56 Å². The average Bonchev–Trinajstić information content (AvgIpc) is 2.11. The van der Waals surface area contributed by atoms with E-state index in [0.29, 0.717) is 5.75 Å². The highest BCUT2D eigenvalue weighted by Crippen LogP contribution is 2.23. The van der Waals surface area contributed by atoms with E-state index in [1.807, 2.05) is 0 Å². The molecule has 0 unspecified atom stereocenters. The molecule has 4 heteroatoms. The van der Waals surface area contributed by atoms with Crippen LogP contribution in [0.25, 0.3) is 0 Å². The van der Waals surface area contributed by atoms with E-state index in [1.54, 1.807) is 19.9 Å². The fourth-order valence-corrected chi connectivity index (χ4v) is 1.21. The Bertz CT molecular complexity index is 421. The topological polar surface area (TPSA) is 63.6 Å². The molecule has 0 saturated carbocycles. The molecular formula is C11H12O4. The van der Waals surface area contributed by atoms with E-state index in [9.17, 15) is 9.59 Å². The van der Waals surface area contributed by atoms with E-state index < -0.39 is 11.9 Å². The van der Waals surface area contributed by atoms with Gasteiger partial charge in [0.15, 0.2) is 0 Å². The third kappa shape index (κ3) is 2.56. The molecule has 0 aliphatic carbocycles. The maximum atomic E-state index is 10.8. The molecule has 0 bridgehead atoms. The Morgan fingerprint density at radius 1 is 1.27 bits per heavy atom. The van der Waals surface area contributed by atoms with E-state index in [4.69, 9.17) is 9.84 Å². The highest BCUT2D eigenvalue weighted by atomic mass is 16.5. The van der Waals surface area contributed by atoms with Crippen LogP contribution < -0.4 is 4.74 Å². The summed E-state index contributed by atoms with van der Waals surface area (Å²) >= 11 is 0. The van der Waals surface area contributed by atoms with Crippen molar-refractivity contribution in [1.82, 2.24) is 0 Å². The summed E-state index contributed by atoms with van der Waals surface area (Å²) in [6.07, 6.45) is 0. The first-order valence-electron chi connectivity index (χ1n) is 4.44. The van der Waals surface area contributed by atoms with Gasteiger partial charge in [-0.25, -0.2) is 4.79 Å². The number of carbonyl (C=O) groups is 2. The molecule has 0 aliphatic rings. The van der Waals surface area contributed by atoms with Gasteiger partial charge in [0, 0.05) is 6.92 Å². The van der Waals surface area contributed by atoms with Crippen LogP contribution in [0.1, 0.15) is 28.4 Å². The zero-order valence-electron chi connectivity index (χ0n) is 8.83. The van der Waals surface area contributed by atoms with Gasteiger partial charge in [0.2, 0.25) is 0 Å². The molecular weight excluding hydrogens is 196 g/mol. The van der Waals surface area contributed by atoms with Crippen molar-refractivity contribution >= 4 is 11.9 Å². The smallest absolute Gasteiger partial charge is 0.335 e. The highest BCUT2D eigenvalue weighted by molar-refractivity contribution is 5.89. The fourth-order valence-electron chi connectivity index (χ4n) is 1.21. The summed E-state index contributed by atoms with van der Waals surface area (Å²) in [5.41, 5.74) is 1.68. The molecule has 0 fully saturated rings. The Kier molecular flexibility index (Phi) is 3.09. The number of ether oxygens (including phenoxy) is 1. The predicted octanol–water partition coefficient (Wildman–Crippen LogP) is 1.93. The van der Waals surface area contributed by atoms with Crippen molar-refractivity contribution in [3.8, 4) is 5.75 Å². The first kappa shape index (κ1) is 11.2. The van der Waals surface area contributed by atoms with Crippen LogP contribution in [0.3, 0.4) is 0 Å². The van der Waals surface area contributed by atoms with Gasteiger partial charge in [-0.15, -0.1) is 0 Å². The molecule has 0 aliphatic heterocycles. The van der Waals surface area contributed by atoms with Gasteiger partial charge in [-0.05, 0) is 37.1 Å². The van der Waals surface area contributed by atoms with Gasteiger partial charge in [-0.2, -0.15) is 0 Å². The standard InChI is InChI=1S/C11H12O4/c1-6-4-9(11(13)14)5-10(7(6)2)15-8(3)12/h4-5H,1-3H3,(H,13,14). The summed E-state index contributed by atoms with van der Waals surface area (Å²) < 4.78 is 4.91. The van der Waals surface area contributed by atoms with Crippen molar-refractivity contribution in [1.29, 1.82) is 0 Å². The minimum Gasteiger partial charge on any atom is -0.478 e. The molecule has 4 nitrogen and oxygen atoms in total. The lowest BCUT2D eigenvalue weighted by Crippen LogP contribution is -2.06. The van der Waals surface area contributed by atoms with Gasteiger partial charge < -0.3 is 9.84 Å². The number of aromatic carboxylic acids is 1. The van der Waals surface area contributed by atoms with Crippen LogP contribution in [0.4, 0.5) is 0 Å².